The molecular weight excluding hydrogens is 328 g/mol. The Morgan fingerprint density at radius 1 is 1.43 bits per heavy atom. The number of carbonyl (C=O) groups excluding carboxylic acids is 1. The minimum Gasteiger partial charge on any atom is -0.355 e. The van der Waals surface area contributed by atoms with Crippen LogP contribution in [0.5, 0.6) is 0 Å². The summed E-state index contributed by atoms with van der Waals surface area (Å²) in [4.78, 5) is 17.3. The van der Waals surface area contributed by atoms with Gasteiger partial charge in [0.1, 0.15) is 0 Å². The highest BCUT2D eigenvalue weighted by molar-refractivity contribution is 7.99. The first-order chi connectivity index (χ1) is 11.3. The largest absolute Gasteiger partial charge is 0.355 e. The van der Waals surface area contributed by atoms with Crippen LogP contribution in [0.15, 0.2) is 34.3 Å². The van der Waals surface area contributed by atoms with E-state index in [-0.39, 0.29) is 5.91 Å². The number of nitrogens with zero attached hydrogens (tertiary/aromatic N) is 2. The van der Waals surface area contributed by atoms with Gasteiger partial charge in [-0.1, -0.05) is 29.5 Å². The average molecular weight is 348 g/mol. The Balaban J connectivity index is 1.38. The lowest BCUT2D eigenvalue weighted by atomic mass is 9.97. The van der Waals surface area contributed by atoms with Crippen LogP contribution in [-0.2, 0) is 4.79 Å². The number of carbonyl (C=O) groups is 1. The Labute approximate surface area is 144 Å². The third kappa shape index (κ3) is 4.94. The maximum Gasteiger partial charge on any atom is 0.230 e. The fraction of sp³-hybridized carbons (Fsp3) is 0.438. The minimum absolute atomic E-state index is 0.0360. The van der Waals surface area contributed by atoms with Gasteiger partial charge in [-0.05, 0) is 43.6 Å². The lowest BCUT2D eigenvalue weighted by Crippen LogP contribution is -2.26. The number of thiophene rings is 1. The van der Waals surface area contributed by atoms with Crippen LogP contribution in [-0.4, -0.2) is 33.4 Å². The molecule has 3 rings (SSSR count). The van der Waals surface area contributed by atoms with Crippen molar-refractivity contribution in [2.45, 2.75) is 37.3 Å². The Kier molecular flexibility index (Phi) is 5.87. The van der Waals surface area contributed by atoms with Crippen LogP contribution in [0, 0.1) is 0 Å². The van der Waals surface area contributed by atoms with Crippen molar-refractivity contribution in [2.75, 3.05) is 12.3 Å². The van der Waals surface area contributed by atoms with E-state index in [0.29, 0.717) is 10.9 Å². The fourth-order valence-corrected chi connectivity index (χ4v) is 3.80. The number of nitrogens with one attached hydrogen (secondary N) is 2. The summed E-state index contributed by atoms with van der Waals surface area (Å²) in [5.74, 6) is 1.14. The SMILES string of the molecule is O=C(CSc1n[nH]c(-c2cccs2)n1)NCCC1=CCCCC1. The maximum absolute atomic E-state index is 11.9. The molecule has 0 fully saturated rings. The van der Waals surface area contributed by atoms with Crippen molar-refractivity contribution in [2.24, 2.45) is 0 Å². The second-order valence-corrected chi connectivity index (χ2v) is 7.33. The number of amides is 1. The number of aromatic amines is 1. The highest BCUT2D eigenvalue weighted by Gasteiger charge is 2.10. The van der Waals surface area contributed by atoms with Crippen molar-refractivity contribution >= 4 is 29.0 Å². The van der Waals surface area contributed by atoms with E-state index in [1.165, 1.54) is 43.0 Å². The van der Waals surface area contributed by atoms with Gasteiger partial charge in [-0.15, -0.1) is 16.4 Å². The van der Waals surface area contributed by atoms with Crippen molar-refractivity contribution in [3.8, 4) is 10.7 Å². The standard InChI is InChI=1S/C16H20N4OS2/c21-14(17-9-8-12-5-2-1-3-6-12)11-23-16-18-15(19-20-16)13-7-4-10-22-13/h4-5,7,10H,1-3,6,8-9,11H2,(H,17,21)(H,18,19,20). The van der Waals surface area contributed by atoms with Crippen LogP contribution >= 0.6 is 23.1 Å². The predicted molar refractivity (Wildman–Crippen MR) is 94.6 cm³/mol. The van der Waals surface area contributed by atoms with Crippen LogP contribution < -0.4 is 5.32 Å². The van der Waals surface area contributed by atoms with Crippen molar-refractivity contribution in [3.63, 3.8) is 0 Å². The zero-order valence-corrected chi connectivity index (χ0v) is 14.5. The summed E-state index contributed by atoms with van der Waals surface area (Å²) >= 11 is 2.97. The number of hydrogen-bond acceptors (Lipinski definition) is 5. The van der Waals surface area contributed by atoms with Gasteiger partial charge in [-0.25, -0.2) is 4.98 Å². The van der Waals surface area contributed by atoms with Crippen LogP contribution in [0.25, 0.3) is 10.7 Å². The molecule has 0 aromatic carbocycles. The average Bonchev–Trinajstić information content (AvgIpc) is 3.25. The molecule has 2 aromatic rings. The quantitative estimate of drug-likeness (QED) is 0.592. The molecule has 0 saturated carbocycles. The van der Waals surface area contributed by atoms with Crippen LogP contribution in [0.4, 0.5) is 0 Å². The Hall–Kier alpha value is -1.60. The molecule has 0 unspecified atom stereocenters. The molecule has 0 spiro atoms. The predicted octanol–water partition coefficient (Wildman–Crippen LogP) is 3.63. The summed E-state index contributed by atoms with van der Waals surface area (Å²) in [6, 6.07) is 3.97. The molecule has 7 heteroatoms. The normalized spacial score (nSPS) is 14.5. The van der Waals surface area contributed by atoms with Gasteiger partial charge in [-0.3, -0.25) is 9.89 Å². The zero-order chi connectivity index (χ0) is 15.9. The molecule has 0 atom stereocenters. The number of rotatable bonds is 7. The second-order valence-electron chi connectivity index (χ2n) is 5.44. The number of H-pyrrole nitrogens is 1. The Morgan fingerprint density at radius 2 is 2.39 bits per heavy atom. The lowest BCUT2D eigenvalue weighted by Gasteiger charge is -2.12. The van der Waals surface area contributed by atoms with Gasteiger partial charge < -0.3 is 5.32 Å². The summed E-state index contributed by atoms with van der Waals surface area (Å²) in [5.41, 5.74) is 1.48. The monoisotopic (exact) mass is 348 g/mol. The summed E-state index contributed by atoms with van der Waals surface area (Å²) in [7, 11) is 0. The van der Waals surface area contributed by atoms with E-state index in [4.69, 9.17) is 0 Å². The molecule has 1 aliphatic carbocycles. The van der Waals surface area contributed by atoms with E-state index < -0.39 is 0 Å². The van der Waals surface area contributed by atoms with Gasteiger partial charge in [0, 0.05) is 6.54 Å². The molecule has 0 aliphatic heterocycles. The van der Waals surface area contributed by atoms with Crippen molar-refractivity contribution < 1.29 is 4.79 Å². The van der Waals surface area contributed by atoms with Gasteiger partial charge in [-0.2, -0.15) is 0 Å². The first-order valence-corrected chi connectivity index (χ1v) is 9.71. The third-order valence-electron chi connectivity index (χ3n) is 3.71. The first kappa shape index (κ1) is 16.3. The van der Waals surface area contributed by atoms with Gasteiger partial charge in [0.25, 0.3) is 0 Å². The number of hydrogen-bond donors (Lipinski definition) is 2. The van der Waals surface area contributed by atoms with E-state index in [0.717, 1.165) is 23.7 Å². The molecular formula is C16H20N4OS2. The fourth-order valence-electron chi connectivity index (χ4n) is 2.51. The molecule has 5 nitrogen and oxygen atoms in total. The van der Waals surface area contributed by atoms with Crippen molar-refractivity contribution in [3.05, 3.63) is 29.2 Å². The molecule has 23 heavy (non-hydrogen) atoms. The Bertz CT molecular complexity index is 663. The lowest BCUT2D eigenvalue weighted by molar-refractivity contribution is -0.118. The molecule has 0 radical (unpaired) electrons. The molecule has 2 N–H and O–H groups in total. The second kappa shape index (κ2) is 8.31. The summed E-state index contributed by atoms with van der Waals surface area (Å²) in [6.45, 7) is 0.722. The van der Waals surface area contributed by atoms with Crippen LogP contribution in [0.1, 0.15) is 32.1 Å². The zero-order valence-electron chi connectivity index (χ0n) is 12.9. The van der Waals surface area contributed by atoms with E-state index in [1.807, 2.05) is 17.5 Å². The summed E-state index contributed by atoms with van der Waals surface area (Å²) in [5, 5.41) is 12.6. The Morgan fingerprint density at radius 3 is 3.17 bits per heavy atom. The van der Waals surface area contributed by atoms with E-state index in [9.17, 15) is 4.79 Å². The highest BCUT2D eigenvalue weighted by atomic mass is 32.2. The summed E-state index contributed by atoms with van der Waals surface area (Å²) in [6.07, 6.45) is 8.26. The molecule has 2 heterocycles. The van der Waals surface area contributed by atoms with E-state index >= 15 is 0 Å². The third-order valence-corrected chi connectivity index (χ3v) is 5.43. The maximum atomic E-state index is 11.9. The van der Waals surface area contributed by atoms with Gasteiger partial charge in [0.2, 0.25) is 11.1 Å². The number of aromatic nitrogens is 3. The van der Waals surface area contributed by atoms with Gasteiger partial charge in [0.05, 0.1) is 10.6 Å². The topological polar surface area (TPSA) is 70.7 Å². The highest BCUT2D eigenvalue weighted by Crippen LogP contribution is 2.23. The van der Waals surface area contributed by atoms with E-state index in [1.54, 1.807) is 11.3 Å². The van der Waals surface area contributed by atoms with Crippen molar-refractivity contribution in [1.29, 1.82) is 0 Å². The van der Waals surface area contributed by atoms with Crippen LogP contribution in [0.2, 0.25) is 0 Å². The molecule has 0 bridgehead atoms. The minimum atomic E-state index is 0.0360. The smallest absolute Gasteiger partial charge is 0.230 e. The van der Waals surface area contributed by atoms with Gasteiger partial charge in [0.15, 0.2) is 5.82 Å². The number of allylic oxidation sites excluding steroid dienone is 1. The molecule has 2 aromatic heterocycles. The molecule has 1 amide bonds. The van der Waals surface area contributed by atoms with Crippen molar-refractivity contribution in [1.82, 2.24) is 20.5 Å². The van der Waals surface area contributed by atoms with E-state index in [2.05, 4.69) is 26.6 Å². The van der Waals surface area contributed by atoms with Crippen LogP contribution in [0.3, 0.4) is 0 Å². The molecule has 0 saturated heterocycles. The molecule has 1 aliphatic rings. The summed E-state index contributed by atoms with van der Waals surface area (Å²) < 4.78 is 0. The first-order valence-electron chi connectivity index (χ1n) is 7.85. The van der Waals surface area contributed by atoms with Gasteiger partial charge >= 0.3 is 0 Å². The number of thioether (sulfide) groups is 1. The molecule has 122 valence electrons.